The molecule has 1 aromatic heterocycles. The van der Waals surface area contributed by atoms with Crippen molar-refractivity contribution in [3.63, 3.8) is 0 Å². The smallest absolute Gasteiger partial charge is 0.119 e. The molecule has 19 heavy (non-hydrogen) atoms. The van der Waals surface area contributed by atoms with Crippen molar-refractivity contribution in [1.29, 1.82) is 0 Å². The summed E-state index contributed by atoms with van der Waals surface area (Å²) < 4.78 is 6.87. The zero-order chi connectivity index (χ0) is 13.7. The molecule has 0 radical (unpaired) electrons. The highest BCUT2D eigenvalue weighted by molar-refractivity contribution is 9.10. The Labute approximate surface area is 126 Å². The minimum Gasteiger partial charge on any atom is -0.492 e. The van der Waals surface area contributed by atoms with Crippen LogP contribution in [-0.2, 0) is 6.54 Å². The Morgan fingerprint density at radius 2 is 2.05 bits per heavy atom. The van der Waals surface area contributed by atoms with Crippen LogP contribution in [0.4, 0.5) is 0 Å². The molecule has 1 N–H and O–H groups in total. The maximum Gasteiger partial charge on any atom is 0.119 e. The summed E-state index contributed by atoms with van der Waals surface area (Å²) in [6.07, 6.45) is 0. The van der Waals surface area contributed by atoms with E-state index in [0.29, 0.717) is 6.61 Å². The van der Waals surface area contributed by atoms with Crippen LogP contribution >= 0.6 is 27.3 Å². The van der Waals surface area contributed by atoms with Crippen LogP contribution in [0.3, 0.4) is 0 Å². The number of rotatable bonds is 6. The van der Waals surface area contributed by atoms with Gasteiger partial charge in [0.1, 0.15) is 12.4 Å². The Balaban J connectivity index is 1.67. The molecule has 1 aromatic carbocycles. The highest BCUT2D eigenvalue weighted by atomic mass is 79.9. The summed E-state index contributed by atoms with van der Waals surface area (Å²) in [6.45, 7) is 6.65. The molecular formula is C15H18BrNOS. The average molecular weight is 340 g/mol. The largest absolute Gasteiger partial charge is 0.492 e. The van der Waals surface area contributed by atoms with E-state index >= 15 is 0 Å². The van der Waals surface area contributed by atoms with Crippen LogP contribution in [0.5, 0.6) is 5.75 Å². The summed E-state index contributed by atoms with van der Waals surface area (Å²) in [5.41, 5.74) is 2.57. The van der Waals surface area contributed by atoms with Crippen molar-refractivity contribution in [3.05, 3.63) is 50.1 Å². The zero-order valence-electron chi connectivity index (χ0n) is 11.2. The van der Waals surface area contributed by atoms with Crippen molar-refractivity contribution in [2.75, 3.05) is 13.2 Å². The van der Waals surface area contributed by atoms with Gasteiger partial charge in [0.05, 0.1) is 0 Å². The minimum atomic E-state index is 0.690. The fourth-order valence-electron chi connectivity index (χ4n) is 1.70. The first-order valence-corrected chi connectivity index (χ1v) is 7.96. The van der Waals surface area contributed by atoms with Gasteiger partial charge in [-0.2, -0.15) is 0 Å². The van der Waals surface area contributed by atoms with E-state index in [2.05, 4.69) is 58.7 Å². The molecule has 0 fully saturated rings. The Bertz CT molecular complexity index is 539. The summed E-state index contributed by atoms with van der Waals surface area (Å²) >= 11 is 5.21. The van der Waals surface area contributed by atoms with Gasteiger partial charge >= 0.3 is 0 Å². The average Bonchev–Trinajstić information content (AvgIpc) is 2.79. The molecule has 0 aliphatic rings. The maximum absolute atomic E-state index is 5.72. The second-order valence-electron chi connectivity index (χ2n) is 4.50. The molecule has 2 rings (SSSR count). The van der Waals surface area contributed by atoms with E-state index < -0.39 is 0 Å². The second-order valence-corrected chi connectivity index (χ2v) is 6.41. The molecule has 2 nitrogen and oxygen atoms in total. The van der Waals surface area contributed by atoms with Crippen LogP contribution in [0.2, 0.25) is 0 Å². The molecule has 0 saturated heterocycles. The predicted molar refractivity (Wildman–Crippen MR) is 85.1 cm³/mol. The first-order chi connectivity index (χ1) is 9.15. The monoisotopic (exact) mass is 339 g/mol. The highest BCUT2D eigenvalue weighted by Gasteiger charge is 1.99. The molecule has 0 aliphatic heterocycles. The third kappa shape index (κ3) is 4.64. The number of nitrogens with one attached hydrogen (secondary N) is 1. The highest BCUT2D eigenvalue weighted by Crippen LogP contribution is 2.19. The quantitative estimate of drug-likeness (QED) is 0.792. The van der Waals surface area contributed by atoms with E-state index in [1.807, 2.05) is 6.07 Å². The van der Waals surface area contributed by atoms with Gasteiger partial charge in [-0.3, -0.25) is 0 Å². The van der Waals surface area contributed by atoms with Crippen LogP contribution in [-0.4, -0.2) is 13.2 Å². The molecule has 0 unspecified atom stereocenters. The van der Waals surface area contributed by atoms with Crippen LogP contribution < -0.4 is 10.1 Å². The molecule has 0 spiro atoms. The van der Waals surface area contributed by atoms with Crippen molar-refractivity contribution in [3.8, 4) is 5.75 Å². The molecule has 0 amide bonds. The first-order valence-electron chi connectivity index (χ1n) is 6.29. The second kappa shape index (κ2) is 7.08. The molecule has 102 valence electrons. The summed E-state index contributed by atoms with van der Waals surface area (Å²) in [5.74, 6) is 0.948. The maximum atomic E-state index is 5.72. The molecule has 0 atom stereocenters. The molecule has 0 bridgehead atoms. The van der Waals surface area contributed by atoms with Gasteiger partial charge in [-0.05, 0) is 59.1 Å². The fourth-order valence-corrected chi connectivity index (χ4v) is 3.12. The molecular weight excluding hydrogens is 322 g/mol. The van der Waals surface area contributed by atoms with Gasteiger partial charge in [-0.1, -0.05) is 6.07 Å². The van der Waals surface area contributed by atoms with Gasteiger partial charge in [-0.25, -0.2) is 0 Å². The molecule has 2 aromatic rings. The van der Waals surface area contributed by atoms with Gasteiger partial charge in [-0.15, -0.1) is 11.3 Å². The summed E-state index contributed by atoms with van der Waals surface area (Å²) in [4.78, 5) is 1.33. The van der Waals surface area contributed by atoms with Crippen LogP contribution in [0.1, 0.15) is 16.0 Å². The first kappa shape index (κ1) is 14.6. The lowest BCUT2D eigenvalue weighted by Crippen LogP contribution is -2.20. The van der Waals surface area contributed by atoms with E-state index in [0.717, 1.165) is 23.3 Å². The summed E-state index contributed by atoms with van der Waals surface area (Å²) in [5, 5.41) is 5.48. The Kier molecular flexibility index (Phi) is 5.43. The number of benzene rings is 1. The van der Waals surface area contributed by atoms with Gasteiger partial charge in [0, 0.05) is 27.8 Å². The molecule has 0 saturated carbocycles. The summed E-state index contributed by atoms with van der Waals surface area (Å²) in [7, 11) is 0. The van der Waals surface area contributed by atoms with E-state index in [1.165, 1.54) is 16.0 Å². The fraction of sp³-hybridized carbons (Fsp3) is 0.333. The number of hydrogen-bond acceptors (Lipinski definition) is 3. The van der Waals surface area contributed by atoms with Crippen LogP contribution in [0.25, 0.3) is 0 Å². The molecule has 0 aliphatic carbocycles. The third-order valence-electron chi connectivity index (χ3n) is 2.95. The molecule has 1 heterocycles. The lowest BCUT2D eigenvalue weighted by molar-refractivity contribution is 0.313. The Morgan fingerprint density at radius 1 is 1.21 bits per heavy atom. The van der Waals surface area contributed by atoms with Crippen molar-refractivity contribution in [2.24, 2.45) is 0 Å². The van der Waals surface area contributed by atoms with E-state index in [4.69, 9.17) is 4.74 Å². The number of thiophene rings is 1. The van der Waals surface area contributed by atoms with Crippen molar-refractivity contribution in [2.45, 2.75) is 20.4 Å². The number of aryl methyl sites for hydroxylation is 2. The zero-order valence-corrected chi connectivity index (χ0v) is 13.6. The minimum absolute atomic E-state index is 0.690. The lowest BCUT2D eigenvalue weighted by Gasteiger charge is -2.08. The lowest BCUT2D eigenvalue weighted by atomic mass is 10.1. The number of hydrogen-bond donors (Lipinski definition) is 1. The summed E-state index contributed by atoms with van der Waals surface area (Å²) in [6, 6.07) is 8.35. The van der Waals surface area contributed by atoms with Gasteiger partial charge in [0.25, 0.3) is 0 Å². The van der Waals surface area contributed by atoms with Crippen molar-refractivity contribution in [1.82, 2.24) is 5.32 Å². The topological polar surface area (TPSA) is 21.3 Å². The van der Waals surface area contributed by atoms with E-state index in [9.17, 15) is 0 Å². The van der Waals surface area contributed by atoms with E-state index in [-0.39, 0.29) is 0 Å². The number of halogens is 1. The Morgan fingerprint density at radius 3 is 2.74 bits per heavy atom. The van der Waals surface area contributed by atoms with Crippen molar-refractivity contribution < 1.29 is 4.74 Å². The third-order valence-corrected chi connectivity index (χ3v) is 4.64. The Hall–Kier alpha value is -0.840. The van der Waals surface area contributed by atoms with Gasteiger partial charge in [0.2, 0.25) is 0 Å². The van der Waals surface area contributed by atoms with Crippen LogP contribution in [0, 0.1) is 13.8 Å². The van der Waals surface area contributed by atoms with Gasteiger partial charge < -0.3 is 10.1 Å². The predicted octanol–water partition coefficient (Wildman–Crippen LogP) is 4.30. The van der Waals surface area contributed by atoms with Crippen LogP contribution in [0.15, 0.2) is 34.1 Å². The standard InChI is InChI=1S/C15H18BrNOS/c1-11-3-4-14(7-12(11)2)18-6-5-17-9-15-8-13(16)10-19-15/h3-4,7-8,10,17H,5-6,9H2,1-2H3. The normalized spacial score (nSPS) is 10.7. The van der Waals surface area contributed by atoms with E-state index in [1.54, 1.807) is 11.3 Å². The SMILES string of the molecule is Cc1ccc(OCCNCc2cc(Br)cs2)cc1C. The van der Waals surface area contributed by atoms with Crippen molar-refractivity contribution >= 4 is 27.3 Å². The molecule has 4 heteroatoms. The number of ether oxygens (including phenoxy) is 1. The van der Waals surface area contributed by atoms with Gasteiger partial charge in [0.15, 0.2) is 0 Å².